The lowest BCUT2D eigenvalue weighted by molar-refractivity contribution is 0.648. The highest BCUT2D eigenvalue weighted by Crippen LogP contribution is 2.26. The lowest BCUT2D eigenvalue weighted by Crippen LogP contribution is -1.97. The Balaban J connectivity index is 2.10. The van der Waals surface area contributed by atoms with E-state index in [0.29, 0.717) is 5.92 Å². The zero-order chi connectivity index (χ0) is 13.9. The van der Waals surface area contributed by atoms with Gasteiger partial charge in [-0.15, -0.1) is 0 Å². The lowest BCUT2D eigenvalue weighted by Gasteiger charge is -2.11. The van der Waals surface area contributed by atoms with Crippen molar-refractivity contribution in [1.29, 1.82) is 0 Å². The largest absolute Gasteiger partial charge is 0.248 e. The molecule has 3 rings (SSSR count). The number of rotatable bonds is 3. The van der Waals surface area contributed by atoms with Gasteiger partial charge < -0.3 is 0 Å². The van der Waals surface area contributed by atoms with Crippen molar-refractivity contribution >= 4 is 10.9 Å². The Morgan fingerprint density at radius 1 is 0.850 bits per heavy atom. The van der Waals surface area contributed by atoms with Crippen molar-refractivity contribution in [2.75, 3.05) is 0 Å². The van der Waals surface area contributed by atoms with Gasteiger partial charge >= 0.3 is 0 Å². The molecule has 0 bridgehead atoms. The molecular formula is C19H19N. The monoisotopic (exact) mass is 261 g/mol. The van der Waals surface area contributed by atoms with Crippen molar-refractivity contribution in [2.24, 2.45) is 5.92 Å². The Kier molecular flexibility index (Phi) is 3.51. The SMILES string of the molecule is CC(C)Cc1ccccc1-c1ccc2ccccc2n1. The fourth-order valence-corrected chi connectivity index (χ4v) is 2.60. The summed E-state index contributed by atoms with van der Waals surface area (Å²) in [4.78, 5) is 4.81. The van der Waals surface area contributed by atoms with E-state index < -0.39 is 0 Å². The molecule has 1 heterocycles. The first-order valence-corrected chi connectivity index (χ1v) is 7.18. The van der Waals surface area contributed by atoms with Crippen molar-refractivity contribution in [3.05, 3.63) is 66.2 Å². The number of pyridine rings is 1. The molecule has 1 aromatic heterocycles. The zero-order valence-corrected chi connectivity index (χ0v) is 12.0. The molecule has 0 unspecified atom stereocenters. The van der Waals surface area contributed by atoms with Gasteiger partial charge in [-0.1, -0.05) is 62.4 Å². The van der Waals surface area contributed by atoms with Crippen LogP contribution in [0.25, 0.3) is 22.2 Å². The second-order valence-electron chi connectivity index (χ2n) is 5.64. The van der Waals surface area contributed by atoms with Gasteiger partial charge in [-0.05, 0) is 30.0 Å². The molecule has 0 aliphatic rings. The van der Waals surface area contributed by atoms with Crippen molar-refractivity contribution in [3.8, 4) is 11.3 Å². The summed E-state index contributed by atoms with van der Waals surface area (Å²) in [6.07, 6.45) is 1.09. The predicted octanol–water partition coefficient (Wildman–Crippen LogP) is 5.10. The van der Waals surface area contributed by atoms with Crippen LogP contribution in [0.2, 0.25) is 0 Å². The van der Waals surface area contributed by atoms with Gasteiger partial charge in [0, 0.05) is 10.9 Å². The van der Waals surface area contributed by atoms with Gasteiger partial charge in [-0.3, -0.25) is 0 Å². The van der Waals surface area contributed by atoms with E-state index in [2.05, 4.69) is 68.4 Å². The van der Waals surface area contributed by atoms with Crippen molar-refractivity contribution in [3.63, 3.8) is 0 Å². The number of aromatic nitrogens is 1. The number of benzene rings is 2. The molecule has 0 atom stereocenters. The zero-order valence-electron chi connectivity index (χ0n) is 12.0. The van der Waals surface area contributed by atoms with E-state index in [1.165, 1.54) is 16.5 Å². The minimum atomic E-state index is 0.650. The molecule has 0 N–H and O–H groups in total. The molecule has 0 radical (unpaired) electrons. The number of hydrogen-bond acceptors (Lipinski definition) is 1. The Morgan fingerprint density at radius 2 is 1.60 bits per heavy atom. The van der Waals surface area contributed by atoms with Crippen molar-refractivity contribution in [2.45, 2.75) is 20.3 Å². The molecule has 0 amide bonds. The van der Waals surface area contributed by atoms with Gasteiger partial charge in [0.05, 0.1) is 11.2 Å². The third kappa shape index (κ3) is 2.57. The molecule has 0 saturated carbocycles. The molecule has 0 aliphatic carbocycles. The van der Waals surface area contributed by atoms with Crippen LogP contribution in [0.15, 0.2) is 60.7 Å². The Hall–Kier alpha value is -2.15. The minimum absolute atomic E-state index is 0.650. The van der Waals surface area contributed by atoms with E-state index in [0.717, 1.165) is 17.6 Å². The molecule has 3 aromatic rings. The summed E-state index contributed by atoms with van der Waals surface area (Å²) in [7, 11) is 0. The summed E-state index contributed by atoms with van der Waals surface area (Å²) < 4.78 is 0. The Labute approximate surface area is 120 Å². The van der Waals surface area contributed by atoms with Gasteiger partial charge in [0.1, 0.15) is 0 Å². The van der Waals surface area contributed by atoms with Crippen molar-refractivity contribution in [1.82, 2.24) is 4.98 Å². The average Bonchev–Trinajstić information content (AvgIpc) is 2.47. The third-order valence-corrected chi connectivity index (χ3v) is 3.52. The molecule has 0 saturated heterocycles. The highest BCUT2D eigenvalue weighted by molar-refractivity contribution is 5.81. The summed E-state index contributed by atoms with van der Waals surface area (Å²) in [5.74, 6) is 0.650. The number of hydrogen-bond donors (Lipinski definition) is 0. The number of para-hydroxylation sites is 1. The van der Waals surface area contributed by atoms with E-state index in [4.69, 9.17) is 4.98 Å². The van der Waals surface area contributed by atoms with E-state index in [9.17, 15) is 0 Å². The molecule has 100 valence electrons. The topological polar surface area (TPSA) is 12.9 Å². The molecule has 1 nitrogen and oxygen atoms in total. The van der Waals surface area contributed by atoms with Gasteiger partial charge in [-0.2, -0.15) is 0 Å². The normalized spacial score (nSPS) is 11.2. The van der Waals surface area contributed by atoms with E-state index in [-0.39, 0.29) is 0 Å². The summed E-state index contributed by atoms with van der Waals surface area (Å²) >= 11 is 0. The van der Waals surface area contributed by atoms with Crippen LogP contribution in [0, 0.1) is 5.92 Å². The van der Waals surface area contributed by atoms with Crippen LogP contribution >= 0.6 is 0 Å². The Bertz CT molecular complexity index is 728. The van der Waals surface area contributed by atoms with Crippen LogP contribution in [0.1, 0.15) is 19.4 Å². The Morgan fingerprint density at radius 3 is 2.45 bits per heavy atom. The van der Waals surface area contributed by atoms with Crippen LogP contribution < -0.4 is 0 Å². The summed E-state index contributed by atoms with van der Waals surface area (Å²) in [5, 5.41) is 1.19. The maximum atomic E-state index is 4.81. The standard InChI is InChI=1S/C19H19N/c1-14(2)13-16-8-3-5-9-17(16)19-12-11-15-7-4-6-10-18(15)20-19/h3-12,14H,13H2,1-2H3. The van der Waals surface area contributed by atoms with Crippen LogP contribution in [0.4, 0.5) is 0 Å². The molecule has 1 heteroatoms. The lowest BCUT2D eigenvalue weighted by atomic mass is 9.96. The number of fused-ring (bicyclic) bond motifs is 1. The van der Waals surface area contributed by atoms with Gasteiger partial charge in [0.2, 0.25) is 0 Å². The minimum Gasteiger partial charge on any atom is -0.248 e. The maximum absolute atomic E-state index is 4.81. The van der Waals surface area contributed by atoms with E-state index in [1.54, 1.807) is 0 Å². The fourth-order valence-electron chi connectivity index (χ4n) is 2.60. The predicted molar refractivity (Wildman–Crippen MR) is 85.7 cm³/mol. The molecule has 0 spiro atoms. The second-order valence-corrected chi connectivity index (χ2v) is 5.64. The van der Waals surface area contributed by atoms with E-state index in [1.807, 2.05) is 6.07 Å². The first-order chi connectivity index (χ1) is 9.74. The van der Waals surface area contributed by atoms with Crippen LogP contribution in [-0.4, -0.2) is 4.98 Å². The summed E-state index contributed by atoms with van der Waals surface area (Å²) in [6, 6.07) is 21.1. The van der Waals surface area contributed by atoms with Crippen LogP contribution in [0.3, 0.4) is 0 Å². The fraction of sp³-hybridized carbons (Fsp3) is 0.211. The van der Waals surface area contributed by atoms with E-state index >= 15 is 0 Å². The van der Waals surface area contributed by atoms with Crippen molar-refractivity contribution < 1.29 is 0 Å². The smallest absolute Gasteiger partial charge is 0.0712 e. The van der Waals surface area contributed by atoms with Crippen LogP contribution in [-0.2, 0) is 6.42 Å². The highest BCUT2D eigenvalue weighted by Gasteiger charge is 2.08. The van der Waals surface area contributed by atoms with Gasteiger partial charge in [0.15, 0.2) is 0 Å². The average molecular weight is 261 g/mol. The highest BCUT2D eigenvalue weighted by atomic mass is 14.7. The third-order valence-electron chi connectivity index (χ3n) is 3.52. The first-order valence-electron chi connectivity index (χ1n) is 7.18. The molecular weight excluding hydrogens is 242 g/mol. The molecule has 2 aromatic carbocycles. The molecule has 0 fully saturated rings. The maximum Gasteiger partial charge on any atom is 0.0712 e. The quantitative estimate of drug-likeness (QED) is 0.639. The first kappa shape index (κ1) is 12.9. The molecule has 20 heavy (non-hydrogen) atoms. The van der Waals surface area contributed by atoms with Gasteiger partial charge in [-0.25, -0.2) is 4.98 Å². The second kappa shape index (κ2) is 5.46. The van der Waals surface area contributed by atoms with Crippen LogP contribution in [0.5, 0.6) is 0 Å². The number of nitrogens with zero attached hydrogens (tertiary/aromatic N) is 1. The van der Waals surface area contributed by atoms with Gasteiger partial charge in [0.25, 0.3) is 0 Å². The summed E-state index contributed by atoms with van der Waals surface area (Å²) in [5.41, 5.74) is 4.77. The molecule has 0 aliphatic heterocycles. The summed E-state index contributed by atoms with van der Waals surface area (Å²) in [6.45, 7) is 4.51.